The van der Waals surface area contributed by atoms with Gasteiger partial charge in [-0.2, -0.15) is 0 Å². The molecule has 0 N–H and O–H groups in total. The van der Waals surface area contributed by atoms with E-state index in [0.29, 0.717) is 0 Å². The molecule has 3 nitrogen and oxygen atoms in total. The molecule has 1 aromatic rings. The van der Waals surface area contributed by atoms with E-state index in [2.05, 4.69) is 0 Å². The Labute approximate surface area is 87.7 Å². The maximum Gasteiger partial charge on any atom is 0.194 e. The van der Waals surface area contributed by atoms with E-state index in [-0.39, 0.29) is 21.7 Å². The Morgan fingerprint density at radius 2 is 2.14 bits per heavy atom. The number of hydrogen-bond acceptors (Lipinski definition) is 4. The summed E-state index contributed by atoms with van der Waals surface area (Å²) in [6, 6.07) is 3.19. The molecular weight excluding hydrogens is 220 g/mol. The van der Waals surface area contributed by atoms with Gasteiger partial charge in [-0.05, 0) is 11.4 Å². The number of thiophene rings is 1. The number of carbonyl (C=O) groups is 1. The smallest absolute Gasteiger partial charge is 0.194 e. The zero-order chi connectivity index (χ0) is 10.8. The van der Waals surface area contributed by atoms with Crippen molar-refractivity contribution in [1.82, 2.24) is 0 Å². The Kier molecular flexibility index (Phi) is 3.44. The highest BCUT2D eigenvalue weighted by molar-refractivity contribution is 7.94. The SMILES string of the molecule is CC(C)C(=O)CS(=O)(=O)c1cccs1. The fourth-order valence-corrected chi connectivity index (χ4v) is 3.38. The largest absolute Gasteiger partial charge is 0.298 e. The van der Waals surface area contributed by atoms with Crippen molar-refractivity contribution in [2.45, 2.75) is 18.1 Å². The second-order valence-electron chi connectivity index (χ2n) is 3.31. The first-order valence-electron chi connectivity index (χ1n) is 4.22. The first-order chi connectivity index (χ1) is 6.43. The summed E-state index contributed by atoms with van der Waals surface area (Å²) in [7, 11) is -3.39. The van der Waals surface area contributed by atoms with Gasteiger partial charge in [0.15, 0.2) is 15.6 Å². The van der Waals surface area contributed by atoms with Gasteiger partial charge in [-0.25, -0.2) is 8.42 Å². The molecule has 0 radical (unpaired) electrons. The van der Waals surface area contributed by atoms with E-state index < -0.39 is 9.84 Å². The summed E-state index contributed by atoms with van der Waals surface area (Å²) in [5.41, 5.74) is 0. The van der Waals surface area contributed by atoms with Crippen LogP contribution in [0, 0.1) is 5.92 Å². The minimum Gasteiger partial charge on any atom is -0.298 e. The van der Waals surface area contributed by atoms with Crippen molar-refractivity contribution < 1.29 is 13.2 Å². The Morgan fingerprint density at radius 1 is 1.50 bits per heavy atom. The molecule has 0 spiro atoms. The molecule has 0 unspecified atom stereocenters. The van der Waals surface area contributed by atoms with Crippen LogP contribution in [-0.4, -0.2) is 20.0 Å². The maximum absolute atomic E-state index is 11.6. The maximum atomic E-state index is 11.6. The summed E-state index contributed by atoms with van der Waals surface area (Å²) in [6.07, 6.45) is 0. The summed E-state index contributed by atoms with van der Waals surface area (Å²) in [5.74, 6) is -0.853. The third-order valence-electron chi connectivity index (χ3n) is 1.78. The van der Waals surface area contributed by atoms with Gasteiger partial charge in [0.1, 0.15) is 9.96 Å². The van der Waals surface area contributed by atoms with Crippen LogP contribution in [0.15, 0.2) is 21.7 Å². The highest BCUT2D eigenvalue weighted by Crippen LogP contribution is 2.18. The van der Waals surface area contributed by atoms with Gasteiger partial charge in [-0.1, -0.05) is 19.9 Å². The molecule has 0 amide bonds. The zero-order valence-electron chi connectivity index (χ0n) is 8.06. The van der Waals surface area contributed by atoms with Crippen LogP contribution in [0.1, 0.15) is 13.8 Å². The molecule has 0 saturated heterocycles. The molecule has 5 heteroatoms. The van der Waals surface area contributed by atoms with Crippen molar-refractivity contribution in [3.63, 3.8) is 0 Å². The zero-order valence-corrected chi connectivity index (χ0v) is 9.69. The number of hydrogen-bond donors (Lipinski definition) is 0. The Bertz CT molecular complexity index is 401. The van der Waals surface area contributed by atoms with E-state index in [0.717, 1.165) is 11.3 Å². The number of ketones is 1. The normalized spacial score (nSPS) is 11.9. The molecule has 0 aliphatic rings. The van der Waals surface area contributed by atoms with Crippen molar-refractivity contribution in [2.75, 3.05) is 5.75 Å². The van der Waals surface area contributed by atoms with Crippen LogP contribution >= 0.6 is 11.3 Å². The monoisotopic (exact) mass is 232 g/mol. The second kappa shape index (κ2) is 4.23. The molecule has 0 atom stereocenters. The Hall–Kier alpha value is -0.680. The van der Waals surface area contributed by atoms with Crippen molar-refractivity contribution >= 4 is 27.0 Å². The molecule has 0 aliphatic carbocycles. The molecule has 1 aromatic heterocycles. The predicted molar refractivity (Wildman–Crippen MR) is 56.2 cm³/mol. The van der Waals surface area contributed by atoms with Crippen LogP contribution in [0.25, 0.3) is 0 Å². The van der Waals surface area contributed by atoms with Gasteiger partial charge < -0.3 is 0 Å². The van der Waals surface area contributed by atoms with E-state index in [1.54, 1.807) is 25.3 Å². The molecule has 0 fully saturated rings. The molecule has 1 rings (SSSR count). The second-order valence-corrected chi connectivity index (χ2v) is 6.48. The van der Waals surface area contributed by atoms with Crippen LogP contribution in [0.3, 0.4) is 0 Å². The van der Waals surface area contributed by atoms with Crippen LogP contribution < -0.4 is 0 Å². The third-order valence-corrected chi connectivity index (χ3v) is 4.90. The number of rotatable bonds is 4. The van der Waals surface area contributed by atoms with Crippen molar-refractivity contribution in [3.05, 3.63) is 17.5 Å². The van der Waals surface area contributed by atoms with Gasteiger partial charge >= 0.3 is 0 Å². The third kappa shape index (κ3) is 2.65. The summed E-state index contributed by atoms with van der Waals surface area (Å²) in [5, 5.41) is 1.69. The van der Waals surface area contributed by atoms with Crippen LogP contribution in [-0.2, 0) is 14.6 Å². The standard InChI is InChI=1S/C9H12O3S2/c1-7(2)8(10)6-14(11,12)9-4-3-5-13-9/h3-5,7H,6H2,1-2H3. The lowest BCUT2D eigenvalue weighted by molar-refractivity contribution is -0.119. The van der Waals surface area contributed by atoms with Gasteiger partial charge in [-0.3, -0.25) is 4.79 Å². The average Bonchev–Trinajstić information content (AvgIpc) is 2.54. The van der Waals surface area contributed by atoms with E-state index in [1.165, 1.54) is 6.07 Å². The number of sulfone groups is 1. The number of carbonyl (C=O) groups excluding carboxylic acids is 1. The highest BCUT2D eigenvalue weighted by Gasteiger charge is 2.21. The lowest BCUT2D eigenvalue weighted by atomic mass is 10.1. The van der Waals surface area contributed by atoms with E-state index in [1.807, 2.05) is 0 Å². The minimum atomic E-state index is -3.39. The minimum absolute atomic E-state index is 0.232. The molecule has 78 valence electrons. The van der Waals surface area contributed by atoms with Crippen LogP contribution in [0.5, 0.6) is 0 Å². The summed E-state index contributed by atoms with van der Waals surface area (Å²) in [6.45, 7) is 3.40. The van der Waals surface area contributed by atoms with Gasteiger partial charge in [0.25, 0.3) is 0 Å². The van der Waals surface area contributed by atoms with Gasteiger partial charge in [0.2, 0.25) is 0 Å². The quantitative estimate of drug-likeness (QED) is 0.794. The summed E-state index contributed by atoms with van der Waals surface area (Å²) >= 11 is 1.14. The van der Waals surface area contributed by atoms with Crippen LogP contribution in [0.4, 0.5) is 0 Å². The molecule has 1 heterocycles. The van der Waals surface area contributed by atoms with Crippen molar-refractivity contribution in [3.8, 4) is 0 Å². The van der Waals surface area contributed by atoms with Gasteiger partial charge in [0, 0.05) is 5.92 Å². The Morgan fingerprint density at radius 3 is 2.57 bits per heavy atom. The predicted octanol–water partition coefficient (Wildman–Crippen LogP) is 1.75. The van der Waals surface area contributed by atoms with E-state index >= 15 is 0 Å². The molecule has 14 heavy (non-hydrogen) atoms. The highest BCUT2D eigenvalue weighted by atomic mass is 32.2. The number of Topliss-reactive ketones (excluding diaryl/α,β-unsaturated/α-hetero) is 1. The molecular formula is C9H12O3S2. The topological polar surface area (TPSA) is 51.2 Å². The fraction of sp³-hybridized carbons (Fsp3) is 0.444. The molecule has 0 saturated carbocycles. The lowest BCUT2D eigenvalue weighted by Gasteiger charge is -2.03. The molecule has 0 aromatic carbocycles. The van der Waals surface area contributed by atoms with Gasteiger partial charge in [-0.15, -0.1) is 11.3 Å². The lowest BCUT2D eigenvalue weighted by Crippen LogP contribution is -2.19. The summed E-state index contributed by atoms with van der Waals surface area (Å²) in [4.78, 5) is 11.3. The molecule has 0 aliphatic heterocycles. The Balaban J connectivity index is 2.84. The van der Waals surface area contributed by atoms with E-state index in [9.17, 15) is 13.2 Å². The van der Waals surface area contributed by atoms with Crippen molar-refractivity contribution in [2.24, 2.45) is 5.92 Å². The van der Waals surface area contributed by atoms with Gasteiger partial charge in [0.05, 0.1) is 0 Å². The molecule has 0 bridgehead atoms. The van der Waals surface area contributed by atoms with Crippen LogP contribution in [0.2, 0.25) is 0 Å². The summed E-state index contributed by atoms with van der Waals surface area (Å²) < 4.78 is 23.5. The fourth-order valence-electron chi connectivity index (χ4n) is 0.866. The van der Waals surface area contributed by atoms with E-state index in [4.69, 9.17) is 0 Å². The first-order valence-corrected chi connectivity index (χ1v) is 6.75. The average molecular weight is 232 g/mol. The van der Waals surface area contributed by atoms with Crippen molar-refractivity contribution in [1.29, 1.82) is 0 Å². The first kappa shape index (κ1) is 11.4.